The van der Waals surface area contributed by atoms with Gasteiger partial charge in [-0.05, 0) is 30.2 Å². The number of hydrogen-bond donors (Lipinski definition) is 1. The molecule has 4 heteroatoms. The van der Waals surface area contributed by atoms with Gasteiger partial charge in [-0.25, -0.2) is 4.98 Å². The number of aryl methyl sites for hydroxylation is 1. The Morgan fingerprint density at radius 2 is 2.00 bits per heavy atom. The number of pyridine rings is 1. The molecule has 0 bridgehead atoms. The Labute approximate surface area is 111 Å². The van der Waals surface area contributed by atoms with Gasteiger partial charge < -0.3 is 5.32 Å². The van der Waals surface area contributed by atoms with Gasteiger partial charge >= 0.3 is 0 Å². The number of rotatable bonds is 3. The SMILES string of the molecule is Cc1ccccc1CNC(=O)c1cccc(Cl)n1. The quantitative estimate of drug-likeness (QED) is 0.862. The first kappa shape index (κ1) is 12.6. The largest absolute Gasteiger partial charge is 0.347 e. The molecule has 18 heavy (non-hydrogen) atoms. The van der Waals surface area contributed by atoms with Crippen molar-refractivity contribution >= 4 is 17.5 Å². The zero-order chi connectivity index (χ0) is 13.0. The Hall–Kier alpha value is -1.87. The van der Waals surface area contributed by atoms with Gasteiger partial charge in [-0.2, -0.15) is 0 Å². The molecule has 0 radical (unpaired) electrons. The van der Waals surface area contributed by atoms with Gasteiger partial charge in [0.1, 0.15) is 10.8 Å². The molecule has 2 aromatic rings. The summed E-state index contributed by atoms with van der Waals surface area (Å²) in [7, 11) is 0. The number of carbonyl (C=O) groups excluding carboxylic acids is 1. The van der Waals surface area contributed by atoms with Crippen molar-refractivity contribution in [2.24, 2.45) is 0 Å². The summed E-state index contributed by atoms with van der Waals surface area (Å²) >= 11 is 5.74. The van der Waals surface area contributed by atoms with Crippen molar-refractivity contribution in [3.8, 4) is 0 Å². The highest BCUT2D eigenvalue weighted by Crippen LogP contribution is 2.08. The molecule has 1 amide bonds. The molecule has 92 valence electrons. The van der Waals surface area contributed by atoms with Gasteiger partial charge in [-0.1, -0.05) is 41.9 Å². The van der Waals surface area contributed by atoms with E-state index in [1.165, 1.54) is 0 Å². The van der Waals surface area contributed by atoms with E-state index in [2.05, 4.69) is 10.3 Å². The molecule has 0 fully saturated rings. The normalized spacial score (nSPS) is 10.1. The number of nitrogens with one attached hydrogen (secondary N) is 1. The third kappa shape index (κ3) is 3.08. The minimum absolute atomic E-state index is 0.222. The van der Waals surface area contributed by atoms with Gasteiger partial charge in [-0.3, -0.25) is 4.79 Å². The Morgan fingerprint density at radius 3 is 2.72 bits per heavy atom. The topological polar surface area (TPSA) is 42.0 Å². The van der Waals surface area contributed by atoms with Crippen LogP contribution in [-0.2, 0) is 6.54 Å². The van der Waals surface area contributed by atoms with Gasteiger partial charge in [-0.15, -0.1) is 0 Å². The van der Waals surface area contributed by atoms with Gasteiger partial charge in [0.05, 0.1) is 0 Å². The predicted octanol–water partition coefficient (Wildman–Crippen LogP) is 2.97. The van der Waals surface area contributed by atoms with Crippen LogP contribution < -0.4 is 5.32 Å². The average molecular weight is 261 g/mol. The van der Waals surface area contributed by atoms with E-state index in [-0.39, 0.29) is 5.91 Å². The number of hydrogen-bond acceptors (Lipinski definition) is 2. The lowest BCUT2D eigenvalue weighted by atomic mass is 10.1. The van der Waals surface area contributed by atoms with Crippen LogP contribution in [-0.4, -0.2) is 10.9 Å². The summed E-state index contributed by atoms with van der Waals surface area (Å²) in [6.45, 7) is 2.50. The number of benzene rings is 1. The van der Waals surface area contributed by atoms with Crippen molar-refractivity contribution in [2.75, 3.05) is 0 Å². The fraction of sp³-hybridized carbons (Fsp3) is 0.143. The number of aromatic nitrogens is 1. The molecule has 0 aliphatic heterocycles. The standard InChI is InChI=1S/C14H13ClN2O/c1-10-5-2-3-6-11(10)9-16-14(18)12-7-4-8-13(15)17-12/h2-8H,9H2,1H3,(H,16,18). The van der Waals surface area contributed by atoms with Crippen LogP contribution in [0.4, 0.5) is 0 Å². The van der Waals surface area contributed by atoms with E-state index >= 15 is 0 Å². The van der Waals surface area contributed by atoms with Crippen molar-refractivity contribution in [1.82, 2.24) is 10.3 Å². The summed E-state index contributed by atoms with van der Waals surface area (Å²) in [4.78, 5) is 15.8. The van der Waals surface area contributed by atoms with E-state index < -0.39 is 0 Å². The van der Waals surface area contributed by atoms with Crippen LogP contribution in [0.25, 0.3) is 0 Å². The van der Waals surface area contributed by atoms with Crippen LogP contribution in [0.3, 0.4) is 0 Å². The zero-order valence-electron chi connectivity index (χ0n) is 9.98. The fourth-order valence-electron chi connectivity index (χ4n) is 1.61. The second kappa shape index (κ2) is 5.65. The van der Waals surface area contributed by atoms with E-state index in [0.717, 1.165) is 11.1 Å². The van der Waals surface area contributed by atoms with Crippen molar-refractivity contribution in [3.63, 3.8) is 0 Å². The number of halogens is 1. The molecular weight excluding hydrogens is 248 g/mol. The highest BCUT2D eigenvalue weighted by molar-refractivity contribution is 6.29. The lowest BCUT2D eigenvalue weighted by Crippen LogP contribution is -2.24. The van der Waals surface area contributed by atoms with Crippen LogP contribution in [0.15, 0.2) is 42.5 Å². The first-order valence-electron chi connectivity index (χ1n) is 5.62. The molecule has 1 N–H and O–H groups in total. The molecule has 1 heterocycles. The van der Waals surface area contributed by atoms with Crippen LogP contribution in [0.2, 0.25) is 5.15 Å². The molecule has 1 aromatic heterocycles. The summed E-state index contributed by atoms with van der Waals surface area (Å²) in [5.41, 5.74) is 2.57. The van der Waals surface area contributed by atoms with Crippen molar-refractivity contribution in [2.45, 2.75) is 13.5 Å². The maximum absolute atomic E-state index is 11.8. The predicted molar refractivity (Wildman–Crippen MR) is 71.6 cm³/mol. The van der Waals surface area contributed by atoms with Crippen LogP contribution >= 0.6 is 11.6 Å². The molecule has 0 aliphatic carbocycles. The third-order valence-electron chi connectivity index (χ3n) is 2.65. The summed E-state index contributed by atoms with van der Waals surface area (Å²) in [6.07, 6.45) is 0. The van der Waals surface area contributed by atoms with E-state index in [4.69, 9.17) is 11.6 Å². The molecule has 2 rings (SSSR count). The van der Waals surface area contributed by atoms with Gasteiger partial charge in [0.25, 0.3) is 5.91 Å². The minimum Gasteiger partial charge on any atom is -0.347 e. The molecule has 0 unspecified atom stereocenters. The van der Waals surface area contributed by atoms with E-state index in [9.17, 15) is 4.79 Å². The molecule has 0 spiro atoms. The molecule has 0 saturated heterocycles. The number of nitrogens with zero attached hydrogens (tertiary/aromatic N) is 1. The second-order valence-electron chi connectivity index (χ2n) is 3.95. The van der Waals surface area contributed by atoms with E-state index in [0.29, 0.717) is 17.4 Å². The first-order valence-corrected chi connectivity index (χ1v) is 6.00. The van der Waals surface area contributed by atoms with Gasteiger partial charge in [0.15, 0.2) is 0 Å². The Morgan fingerprint density at radius 1 is 1.22 bits per heavy atom. The zero-order valence-corrected chi connectivity index (χ0v) is 10.7. The maximum atomic E-state index is 11.8. The highest BCUT2D eigenvalue weighted by atomic mass is 35.5. The first-order chi connectivity index (χ1) is 8.66. The van der Waals surface area contributed by atoms with Crippen molar-refractivity contribution < 1.29 is 4.79 Å². The third-order valence-corrected chi connectivity index (χ3v) is 2.86. The summed E-state index contributed by atoms with van der Waals surface area (Å²) in [5.74, 6) is -0.222. The van der Waals surface area contributed by atoms with Crippen molar-refractivity contribution in [1.29, 1.82) is 0 Å². The van der Waals surface area contributed by atoms with Gasteiger partial charge in [0, 0.05) is 6.54 Å². The van der Waals surface area contributed by atoms with Crippen LogP contribution in [0.1, 0.15) is 21.6 Å². The summed E-state index contributed by atoms with van der Waals surface area (Å²) in [6, 6.07) is 12.9. The molecule has 0 saturated carbocycles. The number of carbonyl (C=O) groups is 1. The molecule has 3 nitrogen and oxygen atoms in total. The fourth-order valence-corrected chi connectivity index (χ4v) is 1.77. The lowest BCUT2D eigenvalue weighted by molar-refractivity contribution is 0.0946. The smallest absolute Gasteiger partial charge is 0.270 e. The lowest BCUT2D eigenvalue weighted by Gasteiger charge is -2.07. The Kier molecular flexibility index (Phi) is 3.95. The molecule has 0 atom stereocenters. The summed E-state index contributed by atoms with van der Waals surface area (Å²) in [5, 5.41) is 3.14. The van der Waals surface area contributed by atoms with Crippen LogP contribution in [0.5, 0.6) is 0 Å². The molecular formula is C14H13ClN2O. The minimum atomic E-state index is -0.222. The van der Waals surface area contributed by atoms with E-state index in [1.807, 2.05) is 31.2 Å². The average Bonchev–Trinajstić information content (AvgIpc) is 2.37. The monoisotopic (exact) mass is 260 g/mol. The molecule has 0 aliphatic rings. The van der Waals surface area contributed by atoms with E-state index in [1.54, 1.807) is 18.2 Å². The maximum Gasteiger partial charge on any atom is 0.270 e. The summed E-state index contributed by atoms with van der Waals surface area (Å²) < 4.78 is 0. The van der Waals surface area contributed by atoms with Gasteiger partial charge in [0.2, 0.25) is 0 Å². The molecule has 1 aromatic carbocycles. The second-order valence-corrected chi connectivity index (χ2v) is 4.34. The Bertz CT molecular complexity index is 569. The highest BCUT2D eigenvalue weighted by Gasteiger charge is 2.07. The van der Waals surface area contributed by atoms with Crippen molar-refractivity contribution in [3.05, 3.63) is 64.4 Å². The number of amides is 1. The Balaban J connectivity index is 2.03. The van der Waals surface area contributed by atoms with Crippen LogP contribution in [0, 0.1) is 6.92 Å².